The van der Waals surface area contributed by atoms with Crippen LogP contribution in [0.15, 0.2) is 35.5 Å². The Morgan fingerprint density at radius 2 is 1.96 bits per heavy atom. The fourth-order valence-electron chi connectivity index (χ4n) is 3.04. The molecule has 1 heterocycles. The average Bonchev–Trinajstić information content (AvgIpc) is 2.53. The number of Topliss-reactive ketones (excluding diaryl/α,β-unsaturated/α-hetero) is 1. The minimum absolute atomic E-state index is 0.0141. The molecule has 0 aromatic heterocycles. The van der Waals surface area contributed by atoms with Crippen LogP contribution in [0.2, 0.25) is 0 Å². The van der Waals surface area contributed by atoms with Gasteiger partial charge in [-0.3, -0.25) is 14.4 Å². The van der Waals surface area contributed by atoms with Crippen molar-refractivity contribution in [1.29, 1.82) is 0 Å². The van der Waals surface area contributed by atoms with Gasteiger partial charge in [0.1, 0.15) is 5.82 Å². The lowest BCUT2D eigenvalue weighted by Gasteiger charge is -2.30. The minimum Gasteiger partial charge on any atom is -0.351 e. The van der Waals surface area contributed by atoms with E-state index in [1.807, 2.05) is 0 Å². The van der Waals surface area contributed by atoms with Gasteiger partial charge in [0.15, 0.2) is 5.78 Å². The normalized spacial score (nSPS) is 20.8. The largest absolute Gasteiger partial charge is 0.351 e. The Hall–Kier alpha value is -2.50. The summed E-state index contributed by atoms with van der Waals surface area (Å²) in [7, 11) is 0. The van der Waals surface area contributed by atoms with Crippen molar-refractivity contribution in [2.24, 2.45) is 5.92 Å². The monoisotopic (exact) mass is 316 g/mol. The molecule has 1 unspecified atom stereocenters. The van der Waals surface area contributed by atoms with Gasteiger partial charge in [0.05, 0.1) is 5.92 Å². The number of benzene rings is 1. The van der Waals surface area contributed by atoms with Crippen molar-refractivity contribution in [1.82, 2.24) is 10.6 Å². The molecular formula is C17H17FN2O3. The first-order chi connectivity index (χ1) is 11.0. The van der Waals surface area contributed by atoms with Gasteiger partial charge in [0.2, 0.25) is 11.8 Å². The number of ketones is 1. The van der Waals surface area contributed by atoms with Crippen molar-refractivity contribution in [3.63, 3.8) is 0 Å². The Balaban J connectivity index is 1.73. The predicted octanol–water partition coefficient (Wildman–Crippen LogP) is 1.59. The van der Waals surface area contributed by atoms with Crippen molar-refractivity contribution in [2.45, 2.75) is 32.2 Å². The van der Waals surface area contributed by atoms with Crippen LogP contribution in [0, 0.1) is 11.7 Å². The summed E-state index contributed by atoms with van der Waals surface area (Å²) in [6.07, 6.45) is 1.71. The highest BCUT2D eigenvalue weighted by Gasteiger charge is 2.37. The summed E-state index contributed by atoms with van der Waals surface area (Å²) in [5.41, 5.74) is 1.80. The van der Waals surface area contributed by atoms with E-state index in [9.17, 15) is 18.8 Å². The molecule has 0 radical (unpaired) electrons. The molecule has 1 aliphatic heterocycles. The smallest absolute Gasteiger partial charge is 0.228 e. The Kier molecular flexibility index (Phi) is 4.23. The van der Waals surface area contributed by atoms with Crippen LogP contribution in [0.5, 0.6) is 0 Å². The number of carbonyl (C=O) groups excluding carboxylic acids is 3. The molecule has 2 aliphatic rings. The van der Waals surface area contributed by atoms with Gasteiger partial charge in [-0.2, -0.15) is 0 Å². The van der Waals surface area contributed by atoms with Gasteiger partial charge in [0.25, 0.3) is 0 Å². The van der Waals surface area contributed by atoms with Gasteiger partial charge < -0.3 is 10.6 Å². The summed E-state index contributed by atoms with van der Waals surface area (Å²) in [5.74, 6) is -1.71. The van der Waals surface area contributed by atoms with Crippen molar-refractivity contribution < 1.29 is 18.8 Å². The second kappa shape index (κ2) is 6.32. The van der Waals surface area contributed by atoms with Gasteiger partial charge in [-0.1, -0.05) is 12.1 Å². The molecule has 3 rings (SSSR count). The third-order valence-corrected chi connectivity index (χ3v) is 4.18. The highest BCUT2D eigenvalue weighted by molar-refractivity contribution is 6.06. The Bertz CT molecular complexity index is 694. The average molecular weight is 316 g/mol. The Morgan fingerprint density at radius 3 is 2.70 bits per heavy atom. The van der Waals surface area contributed by atoms with Gasteiger partial charge in [0, 0.05) is 30.7 Å². The van der Waals surface area contributed by atoms with E-state index in [0.29, 0.717) is 30.5 Å². The molecule has 6 heteroatoms. The summed E-state index contributed by atoms with van der Waals surface area (Å²) >= 11 is 0. The standard InChI is InChI=1S/C17H17FN2O3/c18-11-6-4-10(5-7-11)9-19-17(23)12-8-15(22)20-13-2-1-3-14(21)16(12)13/h4-7,12H,1-3,8-9H2,(H,19,23)(H,20,22). The van der Waals surface area contributed by atoms with Crippen LogP contribution in [0.1, 0.15) is 31.2 Å². The Morgan fingerprint density at radius 1 is 1.22 bits per heavy atom. The number of amides is 2. The van der Waals surface area contributed by atoms with E-state index in [0.717, 1.165) is 5.56 Å². The summed E-state index contributed by atoms with van der Waals surface area (Å²) in [5, 5.41) is 5.45. The van der Waals surface area contributed by atoms with E-state index in [2.05, 4.69) is 10.6 Å². The second-order valence-corrected chi connectivity index (χ2v) is 5.82. The van der Waals surface area contributed by atoms with Gasteiger partial charge in [-0.05, 0) is 30.5 Å². The second-order valence-electron chi connectivity index (χ2n) is 5.82. The van der Waals surface area contributed by atoms with E-state index in [1.165, 1.54) is 12.1 Å². The number of hydrogen-bond acceptors (Lipinski definition) is 3. The highest BCUT2D eigenvalue weighted by atomic mass is 19.1. The number of nitrogens with one attached hydrogen (secondary N) is 2. The molecule has 0 spiro atoms. The van der Waals surface area contributed by atoms with Crippen LogP contribution < -0.4 is 10.6 Å². The minimum atomic E-state index is -0.730. The van der Waals surface area contributed by atoms with Gasteiger partial charge in [-0.25, -0.2) is 4.39 Å². The summed E-state index contributed by atoms with van der Waals surface area (Å²) < 4.78 is 12.9. The molecular weight excluding hydrogens is 299 g/mol. The number of allylic oxidation sites excluding steroid dienone is 1. The van der Waals surface area contributed by atoms with Crippen LogP contribution in [-0.2, 0) is 20.9 Å². The van der Waals surface area contributed by atoms with Crippen molar-refractivity contribution in [2.75, 3.05) is 0 Å². The summed E-state index contributed by atoms with van der Waals surface area (Å²) in [6, 6.07) is 5.81. The van der Waals surface area contributed by atoms with E-state index in [-0.39, 0.29) is 36.4 Å². The van der Waals surface area contributed by atoms with Gasteiger partial charge >= 0.3 is 0 Å². The number of hydrogen-bond donors (Lipinski definition) is 2. The lowest BCUT2D eigenvalue weighted by atomic mass is 9.81. The predicted molar refractivity (Wildman–Crippen MR) is 80.4 cm³/mol. The van der Waals surface area contributed by atoms with E-state index in [4.69, 9.17) is 0 Å². The summed E-state index contributed by atoms with van der Waals surface area (Å²) in [6.45, 7) is 0.230. The zero-order chi connectivity index (χ0) is 16.4. The number of halogens is 1. The lowest BCUT2D eigenvalue weighted by molar-refractivity contribution is -0.131. The summed E-state index contributed by atoms with van der Waals surface area (Å²) in [4.78, 5) is 36.3. The van der Waals surface area contributed by atoms with Crippen LogP contribution >= 0.6 is 0 Å². The fraction of sp³-hybridized carbons (Fsp3) is 0.353. The topological polar surface area (TPSA) is 75.3 Å². The highest BCUT2D eigenvalue weighted by Crippen LogP contribution is 2.31. The molecule has 120 valence electrons. The maximum atomic E-state index is 12.9. The zero-order valence-electron chi connectivity index (χ0n) is 12.5. The molecule has 2 N–H and O–H groups in total. The molecule has 5 nitrogen and oxygen atoms in total. The molecule has 0 fully saturated rings. The molecule has 23 heavy (non-hydrogen) atoms. The number of rotatable bonds is 3. The SMILES string of the molecule is O=C1CC(C(=O)NCc2ccc(F)cc2)C2=C(CCCC2=O)N1. The van der Waals surface area contributed by atoms with Crippen molar-refractivity contribution >= 4 is 17.6 Å². The van der Waals surface area contributed by atoms with Crippen LogP contribution in [0.4, 0.5) is 4.39 Å². The lowest BCUT2D eigenvalue weighted by Crippen LogP contribution is -2.43. The molecule has 0 saturated heterocycles. The molecule has 0 bridgehead atoms. The Labute approximate surface area is 132 Å². The van der Waals surface area contributed by atoms with Crippen LogP contribution in [0.25, 0.3) is 0 Å². The maximum Gasteiger partial charge on any atom is 0.228 e. The third kappa shape index (κ3) is 3.31. The quantitative estimate of drug-likeness (QED) is 0.889. The first kappa shape index (κ1) is 15.4. The molecule has 1 atom stereocenters. The fourth-order valence-corrected chi connectivity index (χ4v) is 3.04. The molecule has 1 aromatic carbocycles. The van der Waals surface area contributed by atoms with E-state index in [1.54, 1.807) is 12.1 Å². The molecule has 1 aromatic rings. The van der Waals surface area contributed by atoms with Crippen LogP contribution in [0.3, 0.4) is 0 Å². The molecule has 1 aliphatic carbocycles. The van der Waals surface area contributed by atoms with E-state index < -0.39 is 5.92 Å². The zero-order valence-corrected chi connectivity index (χ0v) is 12.5. The first-order valence-corrected chi connectivity index (χ1v) is 7.63. The molecule has 2 amide bonds. The molecule has 0 saturated carbocycles. The first-order valence-electron chi connectivity index (χ1n) is 7.63. The maximum absolute atomic E-state index is 12.9. The van der Waals surface area contributed by atoms with Crippen molar-refractivity contribution in [3.8, 4) is 0 Å². The van der Waals surface area contributed by atoms with Crippen LogP contribution in [-0.4, -0.2) is 17.6 Å². The van der Waals surface area contributed by atoms with Gasteiger partial charge in [-0.15, -0.1) is 0 Å². The third-order valence-electron chi connectivity index (χ3n) is 4.18. The van der Waals surface area contributed by atoms with E-state index >= 15 is 0 Å². The van der Waals surface area contributed by atoms with Crippen molar-refractivity contribution in [3.05, 3.63) is 46.9 Å². The number of carbonyl (C=O) groups is 3.